The lowest BCUT2D eigenvalue weighted by molar-refractivity contribution is -0.117. The highest BCUT2D eigenvalue weighted by Gasteiger charge is 2.27. The minimum absolute atomic E-state index is 0.0406. The van der Waals surface area contributed by atoms with Gasteiger partial charge < -0.3 is 10.1 Å². The molecule has 0 heterocycles. The molecule has 3 aromatic rings. The molecule has 2 N–H and O–H groups in total. The van der Waals surface area contributed by atoms with Gasteiger partial charge in [0.1, 0.15) is 11.8 Å². The third-order valence-electron chi connectivity index (χ3n) is 4.84. The van der Waals surface area contributed by atoms with Gasteiger partial charge in [0.25, 0.3) is 0 Å². The summed E-state index contributed by atoms with van der Waals surface area (Å²) in [6.45, 7) is 4.09. The van der Waals surface area contributed by atoms with E-state index in [1.807, 2.05) is 37.3 Å². The number of rotatable bonds is 9. The van der Waals surface area contributed by atoms with Crippen LogP contribution in [0.2, 0.25) is 10.0 Å². The quantitative estimate of drug-likeness (QED) is 0.416. The molecule has 0 aromatic heterocycles. The number of benzene rings is 3. The van der Waals surface area contributed by atoms with Crippen molar-refractivity contribution >= 4 is 44.8 Å². The molecule has 6 nitrogen and oxygen atoms in total. The largest absolute Gasteiger partial charge is 0.494 e. The number of aryl methyl sites for hydroxylation is 1. The Balaban J connectivity index is 1.88. The Morgan fingerprint density at radius 1 is 1.03 bits per heavy atom. The number of ether oxygens (including phenoxy) is 1. The highest BCUT2D eigenvalue weighted by molar-refractivity contribution is 7.89. The third kappa shape index (κ3) is 6.71. The number of amides is 1. The van der Waals surface area contributed by atoms with Crippen LogP contribution in [-0.4, -0.2) is 27.0 Å². The highest BCUT2D eigenvalue weighted by Crippen LogP contribution is 2.26. The summed E-state index contributed by atoms with van der Waals surface area (Å²) in [5.41, 5.74) is 1.81. The molecule has 1 atom stereocenters. The van der Waals surface area contributed by atoms with Crippen molar-refractivity contribution in [1.82, 2.24) is 4.72 Å². The molecule has 0 saturated heterocycles. The van der Waals surface area contributed by atoms with Crippen molar-refractivity contribution in [2.45, 2.75) is 31.2 Å². The van der Waals surface area contributed by atoms with E-state index in [9.17, 15) is 13.2 Å². The summed E-state index contributed by atoms with van der Waals surface area (Å²) in [4.78, 5) is 13.2. The smallest absolute Gasteiger partial charge is 0.242 e. The van der Waals surface area contributed by atoms with Crippen LogP contribution >= 0.6 is 23.2 Å². The molecule has 0 radical (unpaired) electrons. The monoisotopic (exact) mass is 506 g/mol. The van der Waals surface area contributed by atoms with Gasteiger partial charge in [-0.3, -0.25) is 4.79 Å². The Morgan fingerprint density at radius 2 is 1.76 bits per heavy atom. The molecule has 0 aliphatic carbocycles. The van der Waals surface area contributed by atoms with Crippen LogP contribution in [0.15, 0.2) is 71.6 Å². The second-order valence-corrected chi connectivity index (χ2v) is 9.89. The van der Waals surface area contributed by atoms with Gasteiger partial charge >= 0.3 is 0 Å². The summed E-state index contributed by atoms with van der Waals surface area (Å²) in [6, 6.07) is 17.3. The fourth-order valence-electron chi connectivity index (χ4n) is 3.21. The van der Waals surface area contributed by atoms with Crippen molar-refractivity contribution in [3.05, 3.63) is 87.9 Å². The molecular formula is C24H24Cl2N2O4S. The molecule has 0 unspecified atom stereocenters. The van der Waals surface area contributed by atoms with Crippen LogP contribution in [0.25, 0.3) is 0 Å². The van der Waals surface area contributed by atoms with E-state index in [2.05, 4.69) is 10.0 Å². The van der Waals surface area contributed by atoms with Gasteiger partial charge in [-0.1, -0.05) is 53.5 Å². The van der Waals surface area contributed by atoms with E-state index in [-0.39, 0.29) is 16.3 Å². The van der Waals surface area contributed by atoms with E-state index < -0.39 is 22.0 Å². The number of anilines is 1. The number of carbonyl (C=O) groups excluding carboxylic acids is 1. The average molecular weight is 507 g/mol. The maximum absolute atomic E-state index is 13.1. The van der Waals surface area contributed by atoms with E-state index in [1.54, 1.807) is 25.1 Å². The Kier molecular flexibility index (Phi) is 8.37. The fraction of sp³-hybridized carbons (Fsp3) is 0.208. The number of sulfonamides is 1. The summed E-state index contributed by atoms with van der Waals surface area (Å²) >= 11 is 12.1. The molecule has 174 valence electrons. The first-order valence-electron chi connectivity index (χ1n) is 10.2. The first kappa shape index (κ1) is 25.1. The van der Waals surface area contributed by atoms with Crippen LogP contribution in [0, 0.1) is 6.92 Å². The lowest BCUT2D eigenvalue weighted by Gasteiger charge is -2.20. The number of halogens is 2. The van der Waals surface area contributed by atoms with Crippen molar-refractivity contribution in [3.8, 4) is 5.75 Å². The second-order valence-electron chi connectivity index (χ2n) is 7.34. The summed E-state index contributed by atoms with van der Waals surface area (Å²) in [6.07, 6.45) is 0.146. The Bertz CT molecular complexity index is 1230. The molecule has 0 fully saturated rings. The lowest BCUT2D eigenvalue weighted by atomic mass is 10.1. The van der Waals surface area contributed by atoms with Crippen molar-refractivity contribution in [3.63, 3.8) is 0 Å². The minimum atomic E-state index is -4.01. The predicted octanol–water partition coefficient (Wildman–Crippen LogP) is 5.23. The maximum Gasteiger partial charge on any atom is 0.242 e. The highest BCUT2D eigenvalue weighted by atomic mass is 35.5. The van der Waals surface area contributed by atoms with Crippen LogP contribution in [0.5, 0.6) is 5.75 Å². The van der Waals surface area contributed by atoms with Gasteiger partial charge in [-0.05, 0) is 67.8 Å². The van der Waals surface area contributed by atoms with Gasteiger partial charge in [0.15, 0.2) is 0 Å². The summed E-state index contributed by atoms with van der Waals surface area (Å²) < 4.78 is 34.3. The van der Waals surface area contributed by atoms with Crippen LogP contribution in [0.4, 0.5) is 5.69 Å². The van der Waals surface area contributed by atoms with Gasteiger partial charge in [-0.15, -0.1) is 0 Å². The molecule has 33 heavy (non-hydrogen) atoms. The van der Waals surface area contributed by atoms with Crippen LogP contribution in [0.3, 0.4) is 0 Å². The molecule has 9 heteroatoms. The number of hydrogen-bond acceptors (Lipinski definition) is 4. The molecule has 0 aliphatic rings. The van der Waals surface area contributed by atoms with Crippen LogP contribution < -0.4 is 14.8 Å². The predicted molar refractivity (Wildman–Crippen MR) is 132 cm³/mol. The average Bonchev–Trinajstić information content (AvgIpc) is 2.77. The zero-order chi connectivity index (χ0) is 24.0. The Morgan fingerprint density at radius 3 is 2.39 bits per heavy atom. The first-order chi connectivity index (χ1) is 15.7. The zero-order valence-corrected chi connectivity index (χ0v) is 20.5. The van der Waals surface area contributed by atoms with Crippen LogP contribution in [0.1, 0.15) is 18.1 Å². The maximum atomic E-state index is 13.1. The van der Waals surface area contributed by atoms with Gasteiger partial charge in [-0.25, -0.2) is 8.42 Å². The molecule has 3 rings (SSSR count). The number of carbonyl (C=O) groups is 1. The van der Waals surface area contributed by atoms with Crippen molar-refractivity contribution in [1.29, 1.82) is 0 Å². The minimum Gasteiger partial charge on any atom is -0.494 e. The third-order valence-corrected chi connectivity index (χ3v) is 6.86. The summed E-state index contributed by atoms with van der Waals surface area (Å²) in [7, 11) is -4.01. The second kappa shape index (κ2) is 11.0. The standard InChI is InChI=1S/C24H24Cl2N2O4S/c1-3-32-23-12-10-19(13-16(23)2)33(30,31)28-22(14-17-7-5-4-6-8-17)24(29)27-21-11-9-18(25)15-20(21)26/h4-13,15,22,28H,3,14H2,1-2H3,(H,27,29)/t22-/m1/s1. The Hall–Kier alpha value is -2.58. The van der Waals surface area contributed by atoms with Crippen LogP contribution in [-0.2, 0) is 21.2 Å². The first-order valence-corrected chi connectivity index (χ1v) is 12.5. The lowest BCUT2D eigenvalue weighted by Crippen LogP contribution is -2.45. The summed E-state index contributed by atoms with van der Waals surface area (Å²) in [5, 5.41) is 3.36. The number of nitrogens with one attached hydrogen (secondary N) is 2. The molecule has 0 bridgehead atoms. The topological polar surface area (TPSA) is 84.5 Å². The molecule has 1 amide bonds. The van der Waals surface area contributed by atoms with E-state index in [1.165, 1.54) is 18.2 Å². The molecule has 0 aliphatic heterocycles. The summed E-state index contributed by atoms with van der Waals surface area (Å²) in [5.74, 6) is 0.0571. The molecule has 0 saturated carbocycles. The SMILES string of the molecule is CCOc1ccc(S(=O)(=O)N[C@H](Cc2ccccc2)C(=O)Nc2ccc(Cl)cc2Cl)cc1C. The molecular weight excluding hydrogens is 483 g/mol. The molecule has 3 aromatic carbocycles. The van der Waals surface area contributed by atoms with E-state index in [0.717, 1.165) is 5.56 Å². The van der Waals surface area contributed by atoms with Crippen molar-refractivity contribution in [2.24, 2.45) is 0 Å². The van der Waals surface area contributed by atoms with Gasteiger partial charge in [-0.2, -0.15) is 4.72 Å². The van der Waals surface area contributed by atoms with Crippen molar-refractivity contribution in [2.75, 3.05) is 11.9 Å². The van der Waals surface area contributed by atoms with Gasteiger partial charge in [0.05, 0.1) is 22.2 Å². The zero-order valence-electron chi connectivity index (χ0n) is 18.1. The van der Waals surface area contributed by atoms with E-state index in [4.69, 9.17) is 27.9 Å². The van der Waals surface area contributed by atoms with Gasteiger partial charge in [0.2, 0.25) is 15.9 Å². The fourth-order valence-corrected chi connectivity index (χ4v) is 4.95. The van der Waals surface area contributed by atoms with E-state index >= 15 is 0 Å². The number of hydrogen-bond donors (Lipinski definition) is 2. The molecule has 0 spiro atoms. The normalized spacial score (nSPS) is 12.2. The van der Waals surface area contributed by atoms with Gasteiger partial charge in [0, 0.05) is 5.02 Å². The van der Waals surface area contributed by atoms with Crippen molar-refractivity contribution < 1.29 is 17.9 Å². The Labute approximate surface area is 203 Å². The van der Waals surface area contributed by atoms with E-state index in [0.29, 0.717) is 28.6 Å².